The van der Waals surface area contributed by atoms with Crippen LogP contribution in [0.5, 0.6) is 0 Å². The molecule has 1 unspecified atom stereocenters. The van der Waals surface area contributed by atoms with Crippen LogP contribution in [0.25, 0.3) is 0 Å². The van der Waals surface area contributed by atoms with Crippen molar-refractivity contribution in [2.24, 2.45) is 0 Å². The summed E-state index contributed by atoms with van der Waals surface area (Å²) < 4.78 is 14.2. The molecule has 158 valence electrons. The van der Waals surface area contributed by atoms with Crippen LogP contribution in [0.3, 0.4) is 0 Å². The second-order valence-corrected chi connectivity index (χ2v) is 12.0. The fourth-order valence-corrected chi connectivity index (χ4v) is 7.64. The van der Waals surface area contributed by atoms with E-state index in [1.807, 2.05) is 72.0 Å². The fraction of sp³-hybridized carbons (Fsp3) is 0.360. The molecule has 1 fully saturated rings. The third-order valence-corrected chi connectivity index (χ3v) is 10.1. The molecular formula is C25H31N2OPS. The van der Waals surface area contributed by atoms with Crippen molar-refractivity contribution >= 4 is 29.1 Å². The molecule has 1 aliphatic carbocycles. The number of nitrogens with one attached hydrogen (secondary N) is 2. The van der Waals surface area contributed by atoms with E-state index in [0.717, 1.165) is 23.7 Å². The van der Waals surface area contributed by atoms with Crippen LogP contribution in [-0.2, 0) is 11.1 Å². The first-order chi connectivity index (χ1) is 14.8. The summed E-state index contributed by atoms with van der Waals surface area (Å²) in [6.45, 7) is 1.70. The lowest BCUT2D eigenvalue weighted by atomic mass is 9.90. The molecule has 3 nitrogen and oxygen atoms in total. The molecule has 0 spiro atoms. The van der Waals surface area contributed by atoms with Gasteiger partial charge in [-0.15, -0.1) is 11.3 Å². The summed E-state index contributed by atoms with van der Waals surface area (Å²) in [5, 5.41) is 11.6. The molecule has 1 aliphatic rings. The summed E-state index contributed by atoms with van der Waals surface area (Å²) in [7, 11) is -2.65. The topological polar surface area (TPSA) is 41.1 Å². The van der Waals surface area contributed by atoms with Crippen molar-refractivity contribution in [2.75, 3.05) is 12.7 Å². The minimum atomic E-state index is -2.65. The largest absolute Gasteiger partial charge is 0.314 e. The number of rotatable bonds is 9. The van der Waals surface area contributed by atoms with Gasteiger partial charge in [-0.3, -0.25) is 0 Å². The van der Waals surface area contributed by atoms with Crippen molar-refractivity contribution in [1.82, 2.24) is 10.6 Å². The van der Waals surface area contributed by atoms with E-state index in [9.17, 15) is 4.57 Å². The first-order valence-electron chi connectivity index (χ1n) is 11.0. The predicted molar refractivity (Wildman–Crippen MR) is 130 cm³/mol. The van der Waals surface area contributed by atoms with Crippen molar-refractivity contribution in [2.45, 2.75) is 44.3 Å². The average Bonchev–Trinajstić information content (AvgIpc) is 3.33. The van der Waals surface area contributed by atoms with E-state index in [4.69, 9.17) is 0 Å². The quantitative estimate of drug-likeness (QED) is 0.474. The molecule has 0 aliphatic heterocycles. The lowest BCUT2D eigenvalue weighted by molar-refractivity contribution is 0.287. The Morgan fingerprint density at radius 2 is 1.40 bits per heavy atom. The SMILES string of the molecule is O=P(CCNC1CCCC[C@H]1NCc1cccs1)(c1ccccc1)c1ccccc1. The highest BCUT2D eigenvalue weighted by atomic mass is 32.1. The summed E-state index contributed by atoms with van der Waals surface area (Å²) in [4.78, 5) is 1.39. The maximum absolute atomic E-state index is 14.2. The molecule has 2 aromatic carbocycles. The molecule has 2 N–H and O–H groups in total. The maximum Gasteiger partial charge on any atom is 0.144 e. The van der Waals surface area contributed by atoms with Crippen molar-refractivity contribution in [3.8, 4) is 0 Å². The monoisotopic (exact) mass is 438 g/mol. The Morgan fingerprint density at radius 3 is 1.97 bits per heavy atom. The van der Waals surface area contributed by atoms with Crippen LogP contribution in [0.4, 0.5) is 0 Å². The van der Waals surface area contributed by atoms with Gasteiger partial charge in [0, 0.05) is 46.8 Å². The maximum atomic E-state index is 14.2. The second-order valence-electron chi connectivity index (χ2n) is 8.05. The minimum Gasteiger partial charge on any atom is -0.314 e. The number of benzene rings is 2. The summed E-state index contributed by atoms with van der Waals surface area (Å²) in [5.74, 6) is 0. The molecule has 1 heterocycles. The van der Waals surface area contributed by atoms with Crippen LogP contribution in [0, 0.1) is 0 Å². The van der Waals surface area contributed by atoms with Crippen molar-refractivity contribution in [3.05, 3.63) is 83.1 Å². The van der Waals surface area contributed by atoms with Gasteiger partial charge < -0.3 is 15.2 Å². The molecule has 0 bridgehead atoms. The highest BCUT2D eigenvalue weighted by Gasteiger charge is 2.29. The second kappa shape index (κ2) is 10.5. The third-order valence-electron chi connectivity index (χ3n) is 6.06. The van der Waals surface area contributed by atoms with E-state index in [2.05, 4.69) is 28.1 Å². The van der Waals surface area contributed by atoms with E-state index >= 15 is 0 Å². The fourth-order valence-electron chi connectivity index (χ4n) is 4.42. The third kappa shape index (κ3) is 5.31. The summed E-state index contributed by atoms with van der Waals surface area (Å²) in [6, 6.07) is 25.2. The molecule has 1 saturated carbocycles. The molecule has 3 aromatic rings. The van der Waals surface area contributed by atoms with Crippen molar-refractivity contribution in [3.63, 3.8) is 0 Å². The van der Waals surface area contributed by atoms with Crippen LogP contribution < -0.4 is 21.2 Å². The van der Waals surface area contributed by atoms with Gasteiger partial charge in [0.1, 0.15) is 7.14 Å². The van der Waals surface area contributed by atoms with Gasteiger partial charge in [-0.25, -0.2) is 0 Å². The average molecular weight is 439 g/mol. The van der Waals surface area contributed by atoms with Crippen LogP contribution >= 0.6 is 18.5 Å². The van der Waals surface area contributed by atoms with Crippen molar-refractivity contribution in [1.29, 1.82) is 0 Å². The molecular weight excluding hydrogens is 407 g/mol. The van der Waals surface area contributed by atoms with Crippen LogP contribution in [0.15, 0.2) is 78.2 Å². The van der Waals surface area contributed by atoms with Gasteiger partial charge in [0.15, 0.2) is 0 Å². The van der Waals surface area contributed by atoms with E-state index in [0.29, 0.717) is 18.2 Å². The van der Waals surface area contributed by atoms with Gasteiger partial charge in [-0.05, 0) is 24.3 Å². The van der Waals surface area contributed by atoms with E-state index in [1.165, 1.54) is 30.6 Å². The van der Waals surface area contributed by atoms with Crippen LogP contribution in [-0.4, -0.2) is 24.8 Å². The lowest BCUT2D eigenvalue weighted by Crippen LogP contribution is -2.50. The van der Waals surface area contributed by atoms with Crippen molar-refractivity contribution < 1.29 is 4.57 Å². The Hall–Kier alpha value is -1.71. The Kier molecular flexibility index (Phi) is 7.57. The zero-order valence-electron chi connectivity index (χ0n) is 17.4. The molecule has 2 atom stereocenters. The molecule has 0 amide bonds. The van der Waals surface area contributed by atoms with Crippen LogP contribution in [0.2, 0.25) is 0 Å². The minimum absolute atomic E-state index is 0.443. The molecule has 30 heavy (non-hydrogen) atoms. The first kappa shape index (κ1) is 21.5. The Morgan fingerprint density at radius 1 is 0.800 bits per heavy atom. The van der Waals surface area contributed by atoms with E-state index in [1.54, 1.807) is 0 Å². The lowest BCUT2D eigenvalue weighted by Gasteiger charge is -2.33. The molecule has 1 aromatic heterocycles. The Labute approximate surface area is 184 Å². The number of hydrogen-bond donors (Lipinski definition) is 2. The molecule has 5 heteroatoms. The Bertz CT molecular complexity index is 887. The molecule has 0 radical (unpaired) electrons. The van der Waals surface area contributed by atoms with E-state index < -0.39 is 7.14 Å². The van der Waals surface area contributed by atoms with Gasteiger partial charge in [-0.2, -0.15) is 0 Å². The van der Waals surface area contributed by atoms with Gasteiger partial charge in [-0.1, -0.05) is 79.6 Å². The number of thiophene rings is 1. The Balaban J connectivity index is 1.41. The molecule has 0 saturated heterocycles. The van der Waals surface area contributed by atoms with E-state index in [-0.39, 0.29) is 0 Å². The summed E-state index contributed by atoms with van der Waals surface area (Å²) >= 11 is 1.81. The standard InChI is InChI=1S/C25H31N2OPS/c28-29(21-10-3-1-4-11-21,22-12-5-2-6-13-22)18-17-26-24-15-7-8-16-25(24)27-20-23-14-9-19-30-23/h1-6,9-14,19,24-27H,7-8,15-18,20H2/t24?,25-/m1/s1. The van der Waals surface area contributed by atoms with Gasteiger partial charge in [0.05, 0.1) is 0 Å². The van der Waals surface area contributed by atoms with Gasteiger partial charge in [0.25, 0.3) is 0 Å². The van der Waals surface area contributed by atoms with Gasteiger partial charge in [0.2, 0.25) is 0 Å². The summed E-state index contributed by atoms with van der Waals surface area (Å²) in [6.07, 6.45) is 5.59. The zero-order valence-corrected chi connectivity index (χ0v) is 19.1. The first-order valence-corrected chi connectivity index (χ1v) is 13.7. The molecule has 4 rings (SSSR count). The normalized spacial score (nSPS) is 19.6. The highest BCUT2D eigenvalue weighted by molar-refractivity contribution is 7.78. The van der Waals surface area contributed by atoms with Crippen LogP contribution in [0.1, 0.15) is 30.6 Å². The number of hydrogen-bond acceptors (Lipinski definition) is 4. The van der Waals surface area contributed by atoms with Gasteiger partial charge >= 0.3 is 0 Å². The smallest absolute Gasteiger partial charge is 0.144 e. The highest BCUT2D eigenvalue weighted by Crippen LogP contribution is 2.42. The zero-order chi connectivity index (χ0) is 20.7. The predicted octanol–water partition coefficient (Wildman–Crippen LogP) is 4.75. The summed E-state index contributed by atoms with van der Waals surface area (Å²) in [5.41, 5.74) is 0.